The maximum absolute atomic E-state index is 13.4. The summed E-state index contributed by atoms with van der Waals surface area (Å²) in [6.45, 7) is 5.27. The summed E-state index contributed by atoms with van der Waals surface area (Å²) < 4.78 is 26.9. The van der Waals surface area contributed by atoms with Crippen molar-refractivity contribution in [3.63, 3.8) is 0 Å². The van der Waals surface area contributed by atoms with Gasteiger partial charge >= 0.3 is 0 Å². The van der Waals surface area contributed by atoms with Gasteiger partial charge in [-0.3, -0.25) is 0 Å². The molecule has 2 radical (unpaired) electrons. The second-order valence-corrected chi connectivity index (χ2v) is 3.86. The van der Waals surface area contributed by atoms with E-state index in [1.165, 1.54) is 0 Å². The Kier molecular flexibility index (Phi) is 4.59. The summed E-state index contributed by atoms with van der Waals surface area (Å²) in [4.78, 5) is 10.2. The predicted octanol–water partition coefficient (Wildman–Crippen LogP) is 3.17. The lowest BCUT2D eigenvalue weighted by Crippen LogP contribution is -2.20. The van der Waals surface area contributed by atoms with E-state index in [0.29, 0.717) is 11.8 Å². The van der Waals surface area contributed by atoms with Crippen LogP contribution in [0.25, 0.3) is 0 Å². The summed E-state index contributed by atoms with van der Waals surface area (Å²) in [6, 6.07) is 8.55. The lowest BCUT2D eigenvalue weighted by Gasteiger charge is -2.17. The van der Waals surface area contributed by atoms with E-state index in [2.05, 4.69) is 0 Å². The van der Waals surface area contributed by atoms with Crippen LogP contribution >= 0.6 is 0 Å². The van der Waals surface area contributed by atoms with Crippen molar-refractivity contribution in [1.82, 2.24) is 0 Å². The molecule has 0 unspecified atom stereocenters. The largest absolute Gasteiger partial charge is 0.303 e. The van der Waals surface area contributed by atoms with E-state index >= 15 is 0 Å². The van der Waals surface area contributed by atoms with Gasteiger partial charge < -0.3 is 4.79 Å². The van der Waals surface area contributed by atoms with Crippen molar-refractivity contribution in [3.05, 3.63) is 42.8 Å². The van der Waals surface area contributed by atoms with Gasteiger partial charge in [0.1, 0.15) is 6.29 Å². The molecular weight excluding hydrogens is 210 g/mol. The third kappa shape index (κ3) is 4.51. The molecule has 0 N–H and O–H groups in total. The average Bonchev–Trinajstić information content (AvgIpc) is 2.27. The summed E-state index contributed by atoms with van der Waals surface area (Å²) in [5.41, 5.74) is 0.590. The molecule has 0 aliphatic rings. The van der Waals surface area contributed by atoms with E-state index in [1.807, 2.05) is 0 Å². The number of rotatable bonds is 6. The van der Waals surface area contributed by atoms with Crippen LogP contribution < -0.4 is 0 Å². The maximum Gasteiger partial charge on any atom is 0.252 e. The molecule has 0 aliphatic carbocycles. The molecule has 1 aromatic rings. The number of alkyl halides is 2. The number of hydrogen-bond acceptors (Lipinski definition) is 1. The van der Waals surface area contributed by atoms with Crippen LogP contribution in [0.5, 0.6) is 0 Å². The molecule has 3 heteroatoms. The minimum Gasteiger partial charge on any atom is -0.303 e. The van der Waals surface area contributed by atoms with Crippen LogP contribution in [0.4, 0.5) is 8.78 Å². The van der Waals surface area contributed by atoms with E-state index < -0.39 is 11.8 Å². The van der Waals surface area contributed by atoms with Crippen LogP contribution in [0.1, 0.15) is 18.4 Å². The molecule has 0 saturated carbocycles. The smallest absolute Gasteiger partial charge is 0.252 e. The van der Waals surface area contributed by atoms with Gasteiger partial charge in [0.25, 0.3) is 5.92 Å². The molecule has 0 fully saturated rings. The number of hydrogen-bond donors (Lipinski definition) is 0. The fraction of sp³-hybridized carbons (Fsp3) is 0.385. The SMILES string of the molecule is [CH][C@H](C=O)CCC(F)(F)Cc1ccccc1. The Morgan fingerprint density at radius 2 is 1.94 bits per heavy atom. The van der Waals surface area contributed by atoms with Gasteiger partial charge in [-0.15, -0.1) is 0 Å². The lowest BCUT2D eigenvalue weighted by molar-refractivity contribution is -0.110. The Morgan fingerprint density at radius 3 is 2.50 bits per heavy atom. The monoisotopic (exact) mass is 224 g/mol. The summed E-state index contributed by atoms with van der Waals surface area (Å²) in [5, 5.41) is 0. The zero-order valence-corrected chi connectivity index (χ0v) is 8.90. The first kappa shape index (κ1) is 12.8. The van der Waals surface area contributed by atoms with Gasteiger partial charge in [0.05, 0.1) is 0 Å². The first-order valence-electron chi connectivity index (χ1n) is 5.16. The Labute approximate surface area is 94.5 Å². The van der Waals surface area contributed by atoms with Gasteiger partial charge in [-0.2, -0.15) is 0 Å². The van der Waals surface area contributed by atoms with Crippen molar-refractivity contribution in [2.45, 2.75) is 25.2 Å². The molecule has 0 bridgehead atoms. The number of carbonyl (C=O) groups excluding carboxylic acids is 1. The normalized spacial score (nSPS) is 13.4. The molecule has 1 nitrogen and oxygen atoms in total. The lowest BCUT2D eigenvalue weighted by atomic mass is 9.99. The zero-order valence-electron chi connectivity index (χ0n) is 8.90. The summed E-state index contributed by atoms with van der Waals surface area (Å²) in [6.07, 6.45) is -0.150. The van der Waals surface area contributed by atoms with E-state index in [-0.39, 0.29) is 19.3 Å². The minimum atomic E-state index is -2.80. The quantitative estimate of drug-likeness (QED) is 0.678. The fourth-order valence-corrected chi connectivity index (χ4v) is 1.43. The van der Waals surface area contributed by atoms with Crippen molar-refractivity contribution in [1.29, 1.82) is 0 Å². The molecule has 0 aliphatic heterocycles. The Balaban J connectivity index is 2.48. The summed E-state index contributed by atoms with van der Waals surface area (Å²) >= 11 is 0. The highest BCUT2D eigenvalue weighted by Gasteiger charge is 2.29. The third-order valence-corrected chi connectivity index (χ3v) is 2.32. The molecular formula is C13H14F2O. The van der Waals surface area contributed by atoms with Crippen LogP contribution in [0.2, 0.25) is 0 Å². The second kappa shape index (κ2) is 5.73. The van der Waals surface area contributed by atoms with Crippen molar-refractivity contribution in [3.8, 4) is 0 Å². The van der Waals surface area contributed by atoms with Crippen molar-refractivity contribution in [2.24, 2.45) is 5.92 Å². The van der Waals surface area contributed by atoms with Gasteiger partial charge in [-0.1, -0.05) is 30.3 Å². The summed E-state index contributed by atoms with van der Waals surface area (Å²) in [7, 11) is 0. The molecule has 1 atom stereocenters. The molecule has 0 heterocycles. The third-order valence-electron chi connectivity index (χ3n) is 2.32. The molecule has 0 aromatic heterocycles. The number of benzene rings is 1. The van der Waals surface area contributed by atoms with Crippen LogP contribution in [-0.2, 0) is 11.2 Å². The molecule has 0 spiro atoms. The molecule has 1 aromatic carbocycles. The second-order valence-electron chi connectivity index (χ2n) is 3.86. The van der Waals surface area contributed by atoms with Crippen molar-refractivity contribution in [2.75, 3.05) is 0 Å². The Bertz CT molecular complexity index is 322. The standard InChI is InChI=1S/C13H14F2O/c1-11(10-16)7-8-13(14,15)9-12-5-3-2-4-6-12/h1-6,10-11H,7-9H2/t11-/m0/s1. The molecule has 1 rings (SSSR count). The van der Waals surface area contributed by atoms with Crippen LogP contribution in [0.15, 0.2) is 30.3 Å². The predicted molar refractivity (Wildman–Crippen MR) is 58.2 cm³/mol. The van der Waals surface area contributed by atoms with Crippen LogP contribution in [0.3, 0.4) is 0 Å². The zero-order chi connectivity index (χ0) is 12.0. The fourth-order valence-electron chi connectivity index (χ4n) is 1.43. The number of carbonyl (C=O) groups is 1. The van der Waals surface area contributed by atoms with Gasteiger partial charge in [0, 0.05) is 18.8 Å². The molecule has 16 heavy (non-hydrogen) atoms. The average molecular weight is 224 g/mol. The molecule has 86 valence electrons. The number of halogens is 2. The van der Waals surface area contributed by atoms with Gasteiger partial charge in [0.15, 0.2) is 0 Å². The molecule has 0 saturated heterocycles. The highest BCUT2D eigenvalue weighted by Crippen LogP contribution is 2.26. The highest BCUT2D eigenvalue weighted by atomic mass is 19.3. The first-order chi connectivity index (χ1) is 7.53. The minimum absolute atomic E-state index is 0.0172. The van der Waals surface area contributed by atoms with Crippen molar-refractivity contribution < 1.29 is 13.6 Å². The van der Waals surface area contributed by atoms with Gasteiger partial charge in [-0.05, 0) is 18.9 Å². The van der Waals surface area contributed by atoms with E-state index in [0.717, 1.165) is 0 Å². The number of aldehydes is 1. The van der Waals surface area contributed by atoms with Crippen LogP contribution in [-0.4, -0.2) is 12.2 Å². The topological polar surface area (TPSA) is 17.1 Å². The summed E-state index contributed by atoms with van der Waals surface area (Å²) in [5.74, 6) is -3.59. The van der Waals surface area contributed by atoms with Crippen LogP contribution in [0, 0.1) is 12.8 Å². The Morgan fingerprint density at radius 1 is 1.31 bits per heavy atom. The van der Waals surface area contributed by atoms with E-state index in [4.69, 9.17) is 6.92 Å². The van der Waals surface area contributed by atoms with Gasteiger partial charge in [-0.25, -0.2) is 8.78 Å². The van der Waals surface area contributed by atoms with Crippen molar-refractivity contribution >= 4 is 6.29 Å². The highest BCUT2D eigenvalue weighted by molar-refractivity contribution is 5.54. The van der Waals surface area contributed by atoms with E-state index in [9.17, 15) is 13.6 Å². The Hall–Kier alpha value is -1.25. The first-order valence-corrected chi connectivity index (χ1v) is 5.16. The molecule has 0 amide bonds. The van der Waals surface area contributed by atoms with Gasteiger partial charge in [0.2, 0.25) is 0 Å². The maximum atomic E-state index is 13.4. The van der Waals surface area contributed by atoms with E-state index in [1.54, 1.807) is 30.3 Å².